The number of nitrogens with zero attached hydrogens (tertiary/aromatic N) is 2. The summed E-state index contributed by atoms with van der Waals surface area (Å²) in [7, 11) is -2.76. The van der Waals surface area contributed by atoms with E-state index in [-0.39, 0.29) is 17.0 Å². The predicted octanol–water partition coefficient (Wildman–Crippen LogP) is 0.682. The average molecular weight is 418 g/mol. The molecule has 0 amide bonds. The zero-order chi connectivity index (χ0) is 20.9. The second-order valence-corrected chi connectivity index (χ2v) is 9.30. The molecule has 0 unspecified atom stereocenters. The predicted molar refractivity (Wildman–Crippen MR) is 104 cm³/mol. The van der Waals surface area contributed by atoms with Crippen molar-refractivity contribution in [1.29, 1.82) is 0 Å². The zero-order valence-corrected chi connectivity index (χ0v) is 16.9. The van der Waals surface area contributed by atoms with Gasteiger partial charge in [0.1, 0.15) is 0 Å². The summed E-state index contributed by atoms with van der Waals surface area (Å²) in [6, 6.07) is 9.46. The summed E-state index contributed by atoms with van der Waals surface area (Å²) >= 11 is 0. The van der Waals surface area contributed by atoms with Crippen molar-refractivity contribution in [2.75, 3.05) is 13.7 Å². The number of methoxy groups -OCH3 is 1. The molecular weight excluding hydrogens is 396 g/mol. The van der Waals surface area contributed by atoms with Gasteiger partial charge in [0.2, 0.25) is 10.0 Å². The molecule has 0 aliphatic carbocycles. The lowest BCUT2D eigenvalue weighted by atomic mass is 9.87. The van der Waals surface area contributed by atoms with Crippen molar-refractivity contribution in [2.24, 2.45) is 11.8 Å². The molecule has 0 spiro atoms. The Morgan fingerprint density at radius 2 is 1.97 bits per heavy atom. The Labute approximate surface area is 168 Å². The lowest BCUT2D eigenvalue weighted by Crippen LogP contribution is -2.48. The Kier molecular flexibility index (Phi) is 4.84. The Morgan fingerprint density at radius 1 is 1.24 bits per heavy atom. The Hall–Kier alpha value is -2.49. The highest BCUT2D eigenvalue weighted by atomic mass is 32.2. The second kappa shape index (κ2) is 7.08. The van der Waals surface area contributed by atoms with Gasteiger partial charge in [0, 0.05) is 36.9 Å². The van der Waals surface area contributed by atoms with Crippen molar-refractivity contribution < 1.29 is 23.1 Å². The highest BCUT2D eigenvalue weighted by molar-refractivity contribution is 7.89. The molecule has 8 nitrogen and oxygen atoms in total. The highest BCUT2D eigenvalue weighted by Crippen LogP contribution is 2.51. The van der Waals surface area contributed by atoms with Crippen LogP contribution >= 0.6 is 0 Å². The molecule has 4 atom stereocenters. The molecule has 1 aromatic carbocycles. The first-order chi connectivity index (χ1) is 13.8. The van der Waals surface area contributed by atoms with Crippen LogP contribution in [-0.4, -0.2) is 48.1 Å². The maximum absolute atomic E-state index is 13.6. The molecule has 3 heterocycles. The van der Waals surface area contributed by atoms with E-state index in [1.807, 2.05) is 0 Å². The number of esters is 1. The molecule has 154 valence electrons. The quantitative estimate of drug-likeness (QED) is 0.732. The van der Waals surface area contributed by atoms with Crippen LogP contribution in [0.5, 0.6) is 0 Å². The number of benzene rings is 1. The van der Waals surface area contributed by atoms with E-state index in [1.54, 1.807) is 37.3 Å². The molecule has 2 aliphatic heterocycles. The third kappa shape index (κ3) is 2.92. The van der Waals surface area contributed by atoms with E-state index < -0.39 is 46.5 Å². The number of aromatic nitrogens is 1. The van der Waals surface area contributed by atoms with Crippen LogP contribution < -0.4 is 5.56 Å². The van der Waals surface area contributed by atoms with Gasteiger partial charge in [0.15, 0.2) is 0 Å². The first-order valence-corrected chi connectivity index (χ1v) is 10.7. The summed E-state index contributed by atoms with van der Waals surface area (Å²) in [4.78, 5) is 25.2. The first-order valence-electron chi connectivity index (χ1n) is 9.30. The standard InChI is InChI=1S/C20H22N2O6S/c1-12-5-3-6-13(9-12)29(26,27)22-16-10-21-15(7-4-8-17(21)24)19(22)18(14(16)11-23)20(25)28-2/h3-9,14,16,18-19,23H,10-11H2,1-2H3/t14-,16-,18+,19+/m0/s1. The fourth-order valence-corrected chi connectivity index (χ4v) is 6.58. The Bertz CT molecular complexity index is 1130. The minimum absolute atomic E-state index is 0.0648. The van der Waals surface area contributed by atoms with Crippen LogP contribution in [0.4, 0.5) is 0 Å². The van der Waals surface area contributed by atoms with Crippen LogP contribution in [0.15, 0.2) is 52.2 Å². The molecule has 1 saturated heterocycles. The number of hydrogen-bond donors (Lipinski definition) is 1. The van der Waals surface area contributed by atoms with Crippen LogP contribution in [0.3, 0.4) is 0 Å². The minimum atomic E-state index is -3.99. The lowest BCUT2D eigenvalue weighted by Gasteiger charge is -2.36. The average Bonchev–Trinajstić information content (AvgIpc) is 2.96. The molecule has 1 fully saturated rings. The molecule has 4 rings (SSSR count). The molecule has 1 aromatic heterocycles. The molecule has 2 aromatic rings. The fraction of sp³-hybridized carbons (Fsp3) is 0.400. The van der Waals surface area contributed by atoms with E-state index >= 15 is 0 Å². The maximum Gasteiger partial charge on any atom is 0.311 e. The van der Waals surface area contributed by atoms with E-state index in [1.165, 1.54) is 28.1 Å². The number of fused-ring (bicyclic) bond motifs is 4. The van der Waals surface area contributed by atoms with Crippen molar-refractivity contribution in [3.63, 3.8) is 0 Å². The van der Waals surface area contributed by atoms with Gasteiger partial charge < -0.3 is 14.4 Å². The molecule has 0 saturated carbocycles. The van der Waals surface area contributed by atoms with Crippen LogP contribution in [0.2, 0.25) is 0 Å². The minimum Gasteiger partial charge on any atom is -0.469 e. The fourth-order valence-electron chi connectivity index (χ4n) is 4.63. The van der Waals surface area contributed by atoms with Gasteiger partial charge in [0.05, 0.1) is 24.0 Å². The summed E-state index contributed by atoms with van der Waals surface area (Å²) in [6.45, 7) is 1.46. The van der Waals surface area contributed by atoms with Gasteiger partial charge in [-0.2, -0.15) is 4.31 Å². The van der Waals surface area contributed by atoms with Crippen molar-refractivity contribution in [3.05, 3.63) is 64.1 Å². The number of carbonyl (C=O) groups is 1. The van der Waals surface area contributed by atoms with Crippen molar-refractivity contribution in [3.8, 4) is 0 Å². The Balaban J connectivity index is 1.95. The van der Waals surface area contributed by atoms with Gasteiger partial charge in [0.25, 0.3) is 5.56 Å². The summed E-state index contributed by atoms with van der Waals surface area (Å²) in [5.74, 6) is -2.21. The summed E-state index contributed by atoms with van der Waals surface area (Å²) in [5, 5.41) is 10.1. The zero-order valence-electron chi connectivity index (χ0n) is 16.1. The number of aryl methyl sites for hydroxylation is 1. The smallest absolute Gasteiger partial charge is 0.311 e. The van der Waals surface area contributed by atoms with Crippen LogP contribution in [0, 0.1) is 18.8 Å². The summed E-state index contributed by atoms with van der Waals surface area (Å²) in [6.07, 6.45) is 0. The molecular formula is C20H22N2O6S. The summed E-state index contributed by atoms with van der Waals surface area (Å²) in [5.41, 5.74) is 0.943. The summed E-state index contributed by atoms with van der Waals surface area (Å²) < 4.78 is 35.0. The van der Waals surface area contributed by atoms with Gasteiger partial charge in [-0.05, 0) is 30.7 Å². The number of ether oxygens (including phenoxy) is 1. The van der Waals surface area contributed by atoms with Gasteiger partial charge in [-0.1, -0.05) is 18.2 Å². The molecule has 2 aliphatic rings. The van der Waals surface area contributed by atoms with E-state index in [9.17, 15) is 23.1 Å². The number of aliphatic hydroxyl groups excluding tert-OH is 1. The monoisotopic (exact) mass is 418 g/mol. The largest absolute Gasteiger partial charge is 0.469 e. The SMILES string of the molecule is COC(=O)[C@@H]1[C@@H](CO)[C@@H]2Cn3c(cccc3=O)[C@H]1N2S(=O)(=O)c1cccc(C)c1. The molecule has 2 bridgehead atoms. The first kappa shape index (κ1) is 19.8. The normalized spacial score (nSPS) is 26.2. The molecule has 29 heavy (non-hydrogen) atoms. The van der Waals surface area contributed by atoms with E-state index in [0.29, 0.717) is 5.69 Å². The molecule has 9 heteroatoms. The molecule has 0 radical (unpaired) electrons. The van der Waals surface area contributed by atoms with Crippen LogP contribution in [0.25, 0.3) is 0 Å². The van der Waals surface area contributed by atoms with Crippen LogP contribution in [0.1, 0.15) is 17.3 Å². The van der Waals surface area contributed by atoms with Gasteiger partial charge in [-0.15, -0.1) is 0 Å². The Morgan fingerprint density at radius 3 is 2.62 bits per heavy atom. The van der Waals surface area contributed by atoms with Crippen molar-refractivity contribution >= 4 is 16.0 Å². The molecule has 1 N–H and O–H groups in total. The number of sulfonamides is 1. The number of rotatable bonds is 4. The number of carbonyl (C=O) groups excluding carboxylic acids is 1. The number of hydrogen-bond acceptors (Lipinski definition) is 6. The topological polar surface area (TPSA) is 106 Å². The third-order valence-electron chi connectivity index (χ3n) is 5.90. The highest BCUT2D eigenvalue weighted by Gasteiger charge is 2.60. The van der Waals surface area contributed by atoms with Crippen molar-refractivity contribution in [2.45, 2.75) is 30.4 Å². The third-order valence-corrected chi connectivity index (χ3v) is 7.80. The maximum atomic E-state index is 13.6. The van der Waals surface area contributed by atoms with Gasteiger partial charge >= 0.3 is 5.97 Å². The second-order valence-electron chi connectivity index (χ2n) is 7.46. The number of pyridine rings is 1. The number of aliphatic hydroxyl groups is 1. The van der Waals surface area contributed by atoms with Crippen molar-refractivity contribution in [1.82, 2.24) is 8.87 Å². The van der Waals surface area contributed by atoms with E-state index in [0.717, 1.165) is 5.56 Å². The van der Waals surface area contributed by atoms with E-state index in [2.05, 4.69) is 0 Å². The van der Waals surface area contributed by atoms with Gasteiger partial charge in [-0.25, -0.2) is 8.42 Å². The van der Waals surface area contributed by atoms with Crippen LogP contribution in [-0.2, 0) is 26.1 Å². The van der Waals surface area contributed by atoms with E-state index in [4.69, 9.17) is 4.74 Å². The van der Waals surface area contributed by atoms with Gasteiger partial charge in [-0.3, -0.25) is 9.59 Å². The lowest BCUT2D eigenvalue weighted by molar-refractivity contribution is -0.148.